The third-order valence-electron chi connectivity index (χ3n) is 3.31. The number of hydrogen-bond acceptors (Lipinski definition) is 4. The molecule has 5 nitrogen and oxygen atoms in total. The molecule has 0 aliphatic heterocycles. The molecule has 0 aromatic rings. The first kappa shape index (κ1) is 15.8. The smallest absolute Gasteiger partial charge is 0.408 e. The minimum absolute atomic E-state index is 0.00824. The quantitative estimate of drug-likeness (QED) is 0.781. The summed E-state index contributed by atoms with van der Waals surface area (Å²) in [6.07, 6.45) is 5.27. The topological polar surface area (TPSA) is 64.6 Å². The highest BCUT2D eigenvalue weighted by Gasteiger charge is 2.25. The van der Waals surface area contributed by atoms with Crippen LogP contribution >= 0.6 is 0 Å². The summed E-state index contributed by atoms with van der Waals surface area (Å²) in [5.74, 6) is -0.131. The number of ether oxygens (including phenoxy) is 2. The standard InChI is InChI=1S/C14H25NO4/c1-10(2)9-12(13(16)18-3)15-14(17)19-11-7-5-4-6-8-11/h10-12H,4-9H2,1-3H3,(H,15,17)/t12-/m0/s1. The van der Waals surface area contributed by atoms with Crippen molar-refractivity contribution in [1.82, 2.24) is 5.32 Å². The van der Waals surface area contributed by atoms with Crippen molar-refractivity contribution in [3.63, 3.8) is 0 Å². The molecule has 0 spiro atoms. The van der Waals surface area contributed by atoms with Crippen LogP contribution in [0.5, 0.6) is 0 Å². The molecule has 1 aliphatic rings. The van der Waals surface area contributed by atoms with E-state index >= 15 is 0 Å². The number of rotatable bonds is 5. The lowest BCUT2D eigenvalue weighted by molar-refractivity contribution is -0.143. The lowest BCUT2D eigenvalue weighted by Crippen LogP contribution is -2.43. The van der Waals surface area contributed by atoms with Gasteiger partial charge in [-0.15, -0.1) is 0 Å². The Morgan fingerprint density at radius 1 is 1.21 bits per heavy atom. The van der Waals surface area contributed by atoms with Crippen molar-refractivity contribution < 1.29 is 19.1 Å². The van der Waals surface area contributed by atoms with Gasteiger partial charge in [0.2, 0.25) is 0 Å². The highest BCUT2D eigenvalue weighted by molar-refractivity contribution is 5.81. The van der Waals surface area contributed by atoms with Crippen molar-refractivity contribution in [3.8, 4) is 0 Å². The molecule has 0 unspecified atom stereocenters. The predicted octanol–water partition coefficient (Wildman–Crippen LogP) is 2.63. The summed E-state index contributed by atoms with van der Waals surface area (Å²) in [5, 5.41) is 2.61. The zero-order valence-corrected chi connectivity index (χ0v) is 12.1. The normalized spacial score (nSPS) is 17.9. The Morgan fingerprint density at radius 3 is 2.37 bits per heavy atom. The molecule has 0 aromatic heterocycles. The molecule has 0 bridgehead atoms. The van der Waals surface area contributed by atoms with Crippen LogP contribution in [0.3, 0.4) is 0 Å². The van der Waals surface area contributed by atoms with E-state index in [4.69, 9.17) is 9.47 Å². The Balaban J connectivity index is 2.43. The summed E-state index contributed by atoms with van der Waals surface area (Å²) in [7, 11) is 1.32. The number of hydrogen-bond donors (Lipinski definition) is 1. The van der Waals surface area contributed by atoms with Crippen LogP contribution in [0, 0.1) is 5.92 Å². The van der Waals surface area contributed by atoms with Crippen LogP contribution in [0.15, 0.2) is 0 Å². The average Bonchev–Trinajstić information content (AvgIpc) is 2.37. The van der Waals surface area contributed by atoms with Gasteiger partial charge in [-0.1, -0.05) is 20.3 Å². The maximum Gasteiger partial charge on any atom is 0.408 e. The number of methoxy groups -OCH3 is 1. The zero-order chi connectivity index (χ0) is 14.3. The van der Waals surface area contributed by atoms with E-state index in [2.05, 4.69) is 5.32 Å². The largest absolute Gasteiger partial charge is 0.467 e. The van der Waals surface area contributed by atoms with Crippen molar-refractivity contribution in [2.45, 2.75) is 64.5 Å². The van der Waals surface area contributed by atoms with E-state index in [1.54, 1.807) is 0 Å². The lowest BCUT2D eigenvalue weighted by atomic mass is 9.98. The van der Waals surface area contributed by atoms with Gasteiger partial charge >= 0.3 is 12.1 Å². The fraction of sp³-hybridized carbons (Fsp3) is 0.857. The molecule has 0 radical (unpaired) electrons. The van der Waals surface area contributed by atoms with Crippen molar-refractivity contribution in [3.05, 3.63) is 0 Å². The molecule has 110 valence electrons. The molecule has 19 heavy (non-hydrogen) atoms. The van der Waals surface area contributed by atoms with Crippen LogP contribution in [-0.4, -0.2) is 31.3 Å². The third-order valence-corrected chi connectivity index (χ3v) is 3.31. The molecule has 1 aliphatic carbocycles. The summed E-state index contributed by atoms with van der Waals surface area (Å²) in [6, 6.07) is -0.624. The fourth-order valence-corrected chi connectivity index (χ4v) is 2.34. The summed E-state index contributed by atoms with van der Waals surface area (Å²) in [5.41, 5.74) is 0. The van der Waals surface area contributed by atoms with Gasteiger partial charge in [-0.2, -0.15) is 0 Å². The Kier molecular flexibility index (Phi) is 6.67. The van der Waals surface area contributed by atoms with Crippen LogP contribution in [0.2, 0.25) is 0 Å². The van der Waals surface area contributed by atoms with Gasteiger partial charge in [0.25, 0.3) is 0 Å². The molecule has 5 heteroatoms. The Morgan fingerprint density at radius 2 is 1.84 bits per heavy atom. The van der Waals surface area contributed by atoms with Gasteiger partial charge in [0.05, 0.1) is 7.11 Å². The molecular weight excluding hydrogens is 246 g/mol. The molecule has 1 rings (SSSR count). The summed E-state index contributed by atoms with van der Waals surface area (Å²) >= 11 is 0. The molecular formula is C14H25NO4. The predicted molar refractivity (Wildman–Crippen MR) is 71.7 cm³/mol. The van der Waals surface area contributed by atoms with Gasteiger partial charge in [0.1, 0.15) is 12.1 Å². The highest BCUT2D eigenvalue weighted by atomic mass is 16.6. The van der Waals surface area contributed by atoms with Crippen LogP contribution in [0.4, 0.5) is 4.79 Å². The first-order chi connectivity index (χ1) is 9.02. The van der Waals surface area contributed by atoms with Crippen molar-refractivity contribution in [2.75, 3.05) is 7.11 Å². The van der Waals surface area contributed by atoms with Gasteiger partial charge < -0.3 is 14.8 Å². The van der Waals surface area contributed by atoms with Gasteiger partial charge in [0.15, 0.2) is 0 Å². The van der Waals surface area contributed by atoms with Crippen molar-refractivity contribution in [2.24, 2.45) is 5.92 Å². The molecule has 0 aromatic carbocycles. The van der Waals surface area contributed by atoms with E-state index in [1.807, 2.05) is 13.8 Å². The minimum Gasteiger partial charge on any atom is -0.467 e. The molecule has 1 amide bonds. The van der Waals surface area contributed by atoms with Gasteiger partial charge in [-0.3, -0.25) is 0 Å². The molecule has 1 atom stereocenters. The minimum atomic E-state index is -0.624. The fourth-order valence-electron chi connectivity index (χ4n) is 2.34. The lowest BCUT2D eigenvalue weighted by Gasteiger charge is -2.24. The molecule has 1 saturated carbocycles. The summed E-state index contributed by atoms with van der Waals surface area (Å²) in [6.45, 7) is 3.98. The van der Waals surface area contributed by atoms with Gasteiger partial charge in [0, 0.05) is 0 Å². The number of amides is 1. The van der Waals surface area contributed by atoms with Crippen molar-refractivity contribution >= 4 is 12.1 Å². The number of carbonyl (C=O) groups excluding carboxylic acids is 2. The van der Waals surface area contributed by atoms with E-state index in [-0.39, 0.29) is 6.10 Å². The molecule has 0 heterocycles. The third kappa shape index (κ3) is 5.94. The van der Waals surface area contributed by atoms with Gasteiger partial charge in [-0.25, -0.2) is 9.59 Å². The second-order valence-corrected chi connectivity index (χ2v) is 5.51. The zero-order valence-electron chi connectivity index (χ0n) is 12.1. The first-order valence-electron chi connectivity index (χ1n) is 7.08. The Hall–Kier alpha value is -1.26. The van der Waals surface area contributed by atoms with E-state index in [0.29, 0.717) is 12.3 Å². The molecule has 1 N–H and O–H groups in total. The monoisotopic (exact) mass is 271 g/mol. The first-order valence-corrected chi connectivity index (χ1v) is 7.08. The maximum atomic E-state index is 11.8. The summed E-state index contributed by atoms with van der Waals surface area (Å²) < 4.78 is 10.0. The van der Waals surface area contributed by atoms with Crippen LogP contribution < -0.4 is 5.32 Å². The number of esters is 1. The summed E-state index contributed by atoms with van der Waals surface area (Å²) in [4.78, 5) is 23.4. The number of carbonyl (C=O) groups is 2. The van der Waals surface area contributed by atoms with Crippen LogP contribution in [0.1, 0.15) is 52.4 Å². The number of nitrogens with one attached hydrogen (secondary N) is 1. The number of alkyl carbamates (subject to hydrolysis) is 1. The molecule has 1 fully saturated rings. The van der Waals surface area contributed by atoms with E-state index in [0.717, 1.165) is 25.7 Å². The van der Waals surface area contributed by atoms with E-state index in [9.17, 15) is 9.59 Å². The maximum absolute atomic E-state index is 11.8. The van der Waals surface area contributed by atoms with Crippen LogP contribution in [-0.2, 0) is 14.3 Å². The Bertz CT molecular complexity index is 298. The second kappa shape index (κ2) is 8.02. The molecule has 0 saturated heterocycles. The van der Waals surface area contributed by atoms with E-state index < -0.39 is 18.1 Å². The SMILES string of the molecule is COC(=O)[C@H](CC(C)C)NC(=O)OC1CCCCC1. The van der Waals surface area contributed by atoms with E-state index in [1.165, 1.54) is 13.5 Å². The average molecular weight is 271 g/mol. The highest BCUT2D eigenvalue weighted by Crippen LogP contribution is 2.20. The Labute approximate surface area is 115 Å². The van der Waals surface area contributed by atoms with Gasteiger partial charge in [-0.05, 0) is 38.0 Å². The van der Waals surface area contributed by atoms with Crippen LogP contribution in [0.25, 0.3) is 0 Å². The van der Waals surface area contributed by atoms with Crippen molar-refractivity contribution in [1.29, 1.82) is 0 Å². The second-order valence-electron chi connectivity index (χ2n) is 5.51.